The number of carboxylic acids is 1. The van der Waals surface area contributed by atoms with Gasteiger partial charge in [0.2, 0.25) is 0 Å². The zero-order chi connectivity index (χ0) is 10.7. The molecule has 1 aromatic rings. The van der Waals surface area contributed by atoms with E-state index in [2.05, 4.69) is 4.98 Å². The lowest BCUT2D eigenvalue weighted by Gasteiger charge is -2.08. The van der Waals surface area contributed by atoms with E-state index in [0.29, 0.717) is 0 Å². The van der Waals surface area contributed by atoms with Crippen LogP contribution in [0.1, 0.15) is 5.56 Å². The number of aliphatic carboxylic acids is 1. The van der Waals surface area contributed by atoms with Crippen molar-refractivity contribution in [2.75, 3.05) is 0 Å². The number of carbonyl (C=O) groups is 1. The molecule has 0 saturated heterocycles. The van der Waals surface area contributed by atoms with Crippen molar-refractivity contribution in [2.45, 2.75) is 19.5 Å². The standard InChI is InChI=1S/C8H11N3O3/c1-5-2-10-8(14)11(3-5)4-6(9)7(12)13/h2-3,6H,4,9H2,1H3,(H,12,13). The highest BCUT2D eigenvalue weighted by Crippen LogP contribution is 1.91. The molecule has 0 radical (unpaired) electrons. The molecule has 0 aliphatic heterocycles. The molecule has 1 atom stereocenters. The summed E-state index contributed by atoms with van der Waals surface area (Å²) in [5.74, 6) is -1.14. The Kier molecular flexibility index (Phi) is 2.98. The Morgan fingerprint density at radius 3 is 3.00 bits per heavy atom. The van der Waals surface area contributed by atoms with Gasteiger partial charge in [0.05, 0.1) is 6.54 Å². The smallest absolute Gasteiger partial charge is 0.347 e. The van der Waals surface area contributed by atoms with Crippen molar-refractivity contribution in [3.05, 3.63) is 28.4 Å². The van der Waals surface area contributed by atoms with Crippen LogP contribution < -0.4 is 11.4 Å². The highest BCUT2D eigenvalue weighted by atomic mass is 16.4. The first kappa shape index (κ1) is 10.4. The topological polar surface area (TPSA) is 98.2 Å². The second-order valence-corrected chi connectivity index (χ2v) is 3.01. The predicted octanol–water partition coefficient (Wildman–Crippen LogP) is -1.04. The van der Waals surface area contributed by atoms with E-state index in [9.17, 15) is 9.59 Å². The molecular formula is C8H11N3O3. The first-order valence-corrected chi connectivity index (χ1v) is 4.02. The third-order valence-corrected chi connectivity index (χ3v) is 1.69. The molecule has 0 fully saturated rings. The maximum absolute atomic E-state index is 11.1. The Balaban J connectivity index is 2.91. The van der Waals surface area contributed by atoms with Gasteiger partial charge in [-0.1, -0.05) is 0 Å². The van der Waals surface area contributed by atoms with Crippen LogP contribution in [0.2, 0.25) is 0 Å². The minimum absolute atomic E-state index is 0.0666. The molecule has 3 N–H and O–H groups in total. The van der Waals surface area contributed by atoms with Crippen molar-refractivity contribution >= 4 is 5.97 Å². The van der Waals surface area contributed by atoms with Gasteiger partial charge in [-0.2, -0.15) is 0 Å². The Labute approximate surface area is 80.0 Å². The molecule has 76 valence electrons. The number of hydrogen-bond donors (Lipinski definition) is 2. The first-order valence-electron chi connectivity index (χ1n) is 4.02. The molecule has 14 heavy (non-hydrogen) atoms. The number of hydrogen-bond acceptors (Lipinski definition) is 4. The van der Waals surface area contributed by atoms with Gasteiger partial charge in [0, 0.05) is 12.4 Å². The van der Waals surface area contributed by atoms with Crippen molar-refractivity contribution in [3.8, 4) is 0 Å². The van der Waals surface area contributed by atoms with Crippen molar-refractivity contribution in [1.29, 1.82) is 0 Å². The molecule has 6 heteroatoms. The average molecular weight is 197 g/mol. The summed E-state index contributed by atoms with van der Waals surface area (Å²) in [7, 11) is 0. The Morgan fingerprint density at radius 2 is 2.43 bits per heavy atom. The third kappa shape index (κ3) is 2.40. The number of nitrogens with zero attached hydrogens (tertiary/aromatic N) is 2. The summed E-state index contributed by atoms with van der Waals surface area (Å²) >= 11 is 0. The van der Waals surface area contributed by atoms with Gasteiger partial charge in [0.15, 0.2) is 0 Å². The molecule has 1 heterocycles. The summed E-state index contributed by atoms with van der Waals surface area (Å²) in [5.41, 5.74) is 5.57. The molecule has 1 rings (SSSR count). The van der Waals surface area contributed by atoms with Crippen LogP contribution in [0, 0.1) is 6.92 Å². The molecule has 0 saturated carbocycles. The van der Waals surface area contributed by atoms with E-state index in [-0.39, 0.29) is 6.54 Å². The monoisotopic (exact) mass is 197 g/mol. The van der Waals surface area contributed by atoms with Gasteiger partial charge in [0.1, 0.15) is 6.04 Å². The normalized spacial score (nSPS) is 12.4. The van der Waals surface area contributed by atoms with Gasteiger partial charge in [-0.25, -0.2) is 9.78 Å². The van der Waals surface area contributed by atoms with Crippen molar-refractivity contribution < 1.29 is 9.90 Å². The summed E-state index contributed by atoms with van der Waals surface area (Å²) in [6, 6.07) is -1.09. The Bertz CT molecular complexity index is 399. The van der Waals surface area contributed by atoms with E-state index in [1.54, 1.807) is 6.92 Å². The molecule has 0 aliphatic rings. The molecular weight excluding hydrogens is 186 g/mol. The van der Waals surface area contributed by atoms with Gasteiger partial charge in [-0.3, -0.25) is 9.36 Å². The van der Waals surface area contributed by atoms with Gasteiger partial charge in [-0.15, -0.1) is 0 Å². The fraction of sp³-hybridized carbons (Fsp3) is 0.375. The van der Waals surface area contributed by atoms with E-state index in [1.807, 2.05) is 0 Å². The summed E-state index contributed by atoms with van der Waals surface area (Å²) in [5, 5.41) is 8.54. The molecule has 1 unspecified atom stereocenters. The maximum Gasteiger partial charge on any atom is 0.347 e. The molecule has 0 amide bonds. The van der Waals surface area contributed by atoms with Crippen LogP contribution in [-0.4, -0.2) is 26.7 Å². The molecule has 0 spiro atoms. The number of aryl methyl sites for hydroxylation is 1. The second kappa shape index (κ2) is 4.01. The van der Waals surface area contributed by atoms with Crippen LogP contribution >= 0.6 is 0 Å². The van der Waals surface area contributed by atoms with E-state index in [0.717, 1.165) is 5.56 Å². The van der Waals surface area contributed by atoms with Crippen molar-refractivity contribution in [2.24, 2.45) is 5.73 Å². The van der Waals surface area contributed by atoms with Gasteiger partial charge in [-0.05, 0) is 12.5 Å². The fourth-order valence-electron chi connectivity index (χ4n) is 0.986. The van der Waals surface area contributed by atoms with Gasteiger partial charge in [0.25, 0.3) is 0 Å². The average Bonchev–Trinajstić information content (AvgIpc) is 2.11. The highest BCUT2D eigenvalue weighted by molar-refractivity contribution is 5.72. The van der Waals surface area contributed by atoms with E-state index < -0.39 is 17.7 Å². The summed E-state index contributed by atoms with van der Waals surface area (Å²) in [4.78, 5) is 25.1. The number of carboxylic acid groups (broad SMARTS) is 1. The van der Waals surface area contributed by atoms with Crippen LogP contribution in [0.25, 0.3) is 0 Å². The largest absolute Gasteiger partial charge is 0.480 e. The van der Waals surface area contributed by atoms with E-state index in [4.69, 9.17) is 10.8 Å². The molecule has 0 bridgehead atoms. The van der Waals surface area contributed by atoms with Gasteiger partial charge < -0.3 is 10.8 Å². The zero-order valence-electron chi connectivity index (χ0n) is 7.67. The molecule has 6 nitrogen and oxygen atoms in total. The lowest BCUT2D eigenvalue weighted by molar-refractivity contribution is -0.138. The number of nitrogens with two attached hydrogens (primary N) is 1. The molecule has 0 aromatic carbocycles. The van der Waals surface area contributed by atoms with Crippen molar-refractivity contribution in [3.63, 3.8) is 0 Å². The predicted molar refractivity (Wildman–Crippen MR) is 48.8 cm³/mol. The van der Waals surface area contributed by atoms with Crippen LogP contribution in [0.4, 0.5) is 0 Å². The Hall–Kier alpha value is -1.69. The van der Waals surface area contributed by atoms with Crippen LogP contribution in [0.5, 0.6) is 0 Å². The minimum atomic E-state index is -1.14. The summed E-state index contributed by atoms with van der Waals surface area (Å²) in [6.07, 6.45) is 2.95. The highest BCUT2D eigenvalue weighted by Gasteiger charge is 2.12. The van der Waals surface area contributed by atoms with Crippen LogP contribution in [0.15, 0.2) is 17.2 Å². The van der Waals surface area contributed by atoms with Crippen molar-refractivity contribution in [1.82, 2.24) is 9.55 Å². The lowest BCUT2D eigenvalue weighted by atomic mass is 10.3. The van der Waals surface area contributed by atoms with Crippen LogP contribution in [0.3, 0.4) is 0 Å². The minimum Gasteiger partial charge on any atom is -0.480 e. The number of aromatic nitrogens is 2. The lowest BCUT2D eigenvalue weighted by Crippen LogP contribution is -2.38. The number of rotatable bonds is 3. The SMILES string of the molecule is Cc1cnc(=O)n(CC(N)C(=O)O)c1. The molecule has 1 aromatic heterocycles. The van der Waals surface area contributed by atoms with Gasteiger partial charge >= 0.3 is 11.7 Å². The zero-order valence-corrected chi connectivity index (χ0v) is 7.67. The molecule has 0 aliphatic carbocycles. The third-order valence-electron chi connectivity index (χ3n) is 1.69. The maximum atomic E-state index is 11.1. The second-order valence-electron chi connectivity index (χ2n) is 3.01. The quantitative estimate of drug-likeness (QED) is 0.645. The Morgan fingerprint density at radius 1 is 1.79 bits per heavy atom. The fourth-order valence-corrected chi connectivity index (χ4v) is 0.986. The van der Waals surface area contributed by atoms with E-state index >= 15 is 0 Å². The summed E-state index contributed by atoms with van der Waals surface area (Å²) in [6.45, 7) is 1.69. The van der Waals surface area contributed by atoms with E-state index in [1.165, 1.54) is 17.0 Å². The van der Waals surface area contributed by atoms with Crippen LogP contribution in [-0.2, 0) is 11.3 Å². The first-order chi connectivity index (χ1) is 6.50. The summed E-state index contributed by atoms with van der Waals surface area (Å²) < 4.78 is 1.19.